The topological polar surface area (TPSA) is 29.3 Å². The molecule has 1 aromatic rings. The van der Waals surface area contributed by atoms with Gasteiger partial charge in [0.05, 0.1) is 5.69 Å². The molecule has 0 aliphatic heterocycles. The molecular weight excluding hydrogens is 278 g/mol. The first-order valence-corrected chi connectivity index (χ1v) is 7.50. The molecule has 3 rings (SSSR count). The normalized spacial score (nSPS) is 18.1. The zero-order valence-electron chi connectivity index (χ0n) is 11.2. The Hall–Kier alpha value is -1.23. The fourth-order valence-electron chi connectivity index (χ4n) is 2.47. The number of thiocarbonyl (C=S) groups is 1. The quantitative estimate of drug-likeness (QED) is 0.817. The second kappa shape index (κ2) is 5.28. The summed E-state index contributed by atoms with van der Waals surface area (Å²) in [5.41, 5.74) is 5.74. The van der Waals surface area contributed by atoms with E-state index in [1.165, 1.54) is 31.7 Å². The number of anilines is 1. The van der Waals surface area contributed by atoms with Crippen molar-refractivity contribution in [2.45, 2.75) is 25.7 Å². The van der Waals surface area contributed by atoms with Crippen LogP contribution in [0.15, 0.2) is 12.1 Å². The van der Waals surface area contributed by atoms with Gasteiger partial charge in [-0.15, -0.1) is 0 Å². The van der Waals surface area contributed by atoms with Gasteiger partial charge in [-0.3, -0.25) is 0 Å². The Morgan fingerprint density at radius 1 is 1.10 bits per heavy atom. The average Bonchev–Trinajstić information content (AvgIpc) is 3.26. The van der Waals surface area contributed by atoms with Crippen molar-refractivity contribution in [3.05, 3.63) is 29.3 Å². The van der Waals surface area contributed by atoms with Crippen LogP contribution in [0.25, 0.3) is 0 Å². The third kappa shape index (κ3) is 2.92. The zero-order chi connectivity index (χ0) is 14.3. The van der Waals surface area contributed by atoms with Crippen LogP contribution in [-0.2, 0) is 0 Å². The van der Waals surface area contributed by atoms with E-state index in [-0.39, 0.29) is 10.6 Å². The van der Waals surface area contributed by atoms with Gasteiger partial charge in [0.2, 0.25) is 0 Å². The fraction of sp³-hybridized carbons (Fsp3) is 0.533. The molecule has 0 amide bonds. The van der Waals surface area contributed by atoms with E-state index in [1.54, 1.807) is 6.07 Å². The molecule has 1 aromatic carbocycles. The van der Waals surface area contributed by atoms with E-state index in [2.05, 4.69) is 0 Å². The minimum absolute atomic E-state index is 0.0148. The summed E-state index contributed by atoms with van der Waals surface area (Å²) in [5.74, 6) is -0.485. The van der Waals surface area contributed by atoms with Crippen molar-refractivity contribution < 1.29 is 8.78 Å². The predicted octanol–water partition coefficient (Wildman–Crippen LogP) is 3.23. The third-order valence-corrected chi connectivity index (χ3v) is 4.24. The summed E-state index contributed by atoms with van der Waals surface area (Å²) in [6, 6.07) is 3.10. The van der Waals surface area contributed by atoms with Gasteiger partial charge in [0.25, 0.3) is 0 Å². The smallest absolute Gasteiger partial charge is 0.182 e. The summed E-state index contributed by atoms with van der Waals surface area (Å²) in [7, 11) is 0. The molecule has 0 atom stereocenters. The highest BCUT2D eigenvalue weighted by Crippen LogP contribution is 2.37. The van der Waals surface area contributed by atoms with Crippen LogP contribution < -0.4 is 10.6 Å². The lowest BCUT2D eigenvalue weighted by atomic mass is 10.1. The Kier molecular flexibility index (Phi) is 3.63. The molecule has 20 heavy (non-hydrogen) atoms. The van der Waals surface area contributed by atoms with E-state index in [9.17, 15) is 8.78 Å². The van der Waals surface area contributed by atoms with Crippen LogP contribution in [0.3, 0.4) is 0 Å². The highest BCUT2D eigenvalue weighted by atomic mass is 32.1. The molecule has 2 saturated carbocycles. The lowest BCUT2D eigenvalue weighted by molar-refractivity contribution is 0.502. The van der Waals surface area contributed by atoms with E-state index < -0.39 is 11.6 Å². The van der Waals surface area contributed by atoms with E-state index >= 15 is 0 Å². The van der Waals surface area contributed by atoms with E-state index in [1.807, 2.05) is 4.90 Å². The van der Waals surface area contributed by atoms with Crippen molar-refractivity contribution in [2.24, 2.45) is 17.6 Å². The van der Waals surface area contributed by atoms with Gasteiger partial charge >= 0.3 is 0 Å². The number of rotatable bonds is 6. The fourth-order valence-corrected chi connectivity index (χ4v) is 2.63. The van der Waals surface area contributed by atoms with Gasteiger partial charge in [-0.25, -0.2) is 8.78 Å². The highest BCUT2D eigenvalue weighted by Gasteiger charge is 2.31. The molecule has 108 valence electrons. The summed E-state index contributed by atoms with van der Waals surface area (Å²) < 4.78 is 28.3. The van der Waals surface area contributed by atoms with Gasteiger partial charge in [-0.2, -0.15) is 0 Å². The molecule has 0 radical (unpaired) electrons. The van der Waals surface area contributed by atoms with Gasteiger partial charge < -0.3 is 10.6 Å². The SMILES string of the molecule is NC(=S)c1ccc(N(CC2CC2)CC2CC2)c(F)c1F. The summed E-state index contributed by atoms with van der Waals surface area (Å²) in [4.78, 5) is 1.89. The van der Waals surface area contributed by atoms with Gasteiger partial charge in [0.15, 0.2) is 11.6 Å². The summed E-state index contributed by atoms with van der Waals surface area (Å²) in [6.45, 7) is 1.64. The summed E-state index contributed by atoms with van der Waals surface area (Å²) in [6.07, 6.45) is 4.76. The number of benzene rings is 1. The van der Waals surface area contributed by atoms with Crippen molar-refractivity contribution in [1.82, 2.24) is 0 Å². The third-order valence-electron chi connectivity index (χ3n) is 4.02. The number of nitrogens with zero attached hydrogens (tertiary/aromatic N) is 1. The lowest BCUT2D eigenvalue weighted by Crippen LogP contribution is -2.29. The van der Waals surface area contributed by atoms with E-state index in [4.69, 9.17) is 18.0 Å². The molecule has 0 unspecified atom stereocenters. The molecule has 0 heterocycles. The van der Waals surface area contributed by atoms with Crippen LogP contribution in [-0.4, -0.2) is 18.1 Å². The number of halogens is 2. The van der Waals surface area contributed by atoms with Crippen molar-refractivity contribution in [2.75, 3.05) is 18.0 Å². The van der Waals surface area contributed by atoms with Crippen LogP contribution in [0.4, 0.5) is 14.5 Å². The first-order chi connectivity index (χ1) is 9.56. The maximum absolute atomic E-state index is 14.3. The lowest BCUT2D eigenvalue weighted by Gasteiger charge is -2.26. The maximum Gasteiger partial charge on any atom is 0.182 e. The van der Waals surface area contributed by atoms with Gasteiger partial charge in [0, 0.05) is 18.7 Å². The predicted molar refractivity (Wildman–Crippen MR) is 79.9 cm³/mol. The van der Waals surface area contributed by atoms with Crippen LogP contribution in [0, 0.1) is 23.5 Å². The second-order valence-corrected chi connectivity index (χ2v) is 6.36. The minimum Gasteiger partial charge on any atom is -0.389 e. The van der Waals surface area contributed by atoms with Crippen molar-refractivity contribution in [3.63, 3.8) is 0 Å². The highest BCUT2D eigenvalue weighted by molar-refractivity contribution is 7.80. The number of hydrogen-bond acceptors (Lipinski definition) is 2. The molecule has 5 heteroatoms. The standard InChI is InChI=1S/C15H18F2N2S/c16-13-11(15(18)20)5-6-12(14(13)17)19(7-9-1-2-9)8-10-3-4-10/h5-6,9-10H,1-4,7-8H2,(H2,18,20). The van der Waals surface area contributed by atoms with Crippen LogP contribution in [0.2, 0.25) is 0 Å². The molecule has 0 spiro atoms. The Labute approximate surface area is 122 Å². The Bertz CT molecular complexity index is 525. The van der Waals surface area contributed by atoms with Crippen molar-refractivity contribution in [1.29, 1.82) is 0 Å². The zero-order valence-corrected chi connectivity index (χ0v) is 12.1. The van der Waals surface area contributed by atoms with Crippen LogP contribution in [0.5, 0.6) is 0 Å². The number of hydrogen-bond donors (Lipinski definition) is 1. The molecule has 0 aromatic heterocycles. The van der Waals surface area contributed by atoms with Crippen molar-refractivity contribution in [3.8, 4) is 0 Å². The molecule has 0 bridgehead atoms. The summed E-state index contributed by atoms with van der Waals surface area (Å²) >= 11 is 4.74. The Balaban J connectivity index is 1.88. The first-order valence-electron chi connectivity index (χ1n) is 7.09. The number of nitrogens with two attached hydrogens (primary N) is 1. The van der Waals surface area contributed by atoms with Crippen molar-refractivity contribution >= 4 is 22.9 Å². The molecule has 2 aliphatic carbocycles. The van der Waals surface area contributed by atoms with Gasteiger partial charge in [-0.1, -0.05) is 12.2 Å². The van der Waals surface area contributed by atoms with Crippen LogP contribution in [0.1, 0.15) is 31.2 Å². The van der Waals surface area contributed by atoms with E-state index in [0.717, 1.165) is 13.1 Å². The molecule has 2 fully saturated rings. The second-order valence-electron chi connectivity index (χ2n) is 5.92. The largest absolute Gasteiger partial charge is 0.389 e. The molecule has 0 saturated heterocycles. The summed E-state index contributed by atoms with van der Waals surface area (Å²) in [5, 5.41) is 0. The van der Waals surface area contributed by atoms with E-state index in [0.29, 0.717) is 17.5 Å². The minimum atomic E-state index is -0.924. The van der Waals surface area contributed by atoms with Gasteiger partial charge in [0.1, 0.15) is 4.99 Å². The average molecular weight is 296 g/mol. The van der Waals surface area contributed by atoms with Gasteiger partial charge in [-0.05, 0) is 49.7 Å². The first kappa shape index (κ1) is 13.7. The molecule has 2 N–H and O–H groups in total. The maximum atomic E-state index is 14.3. The van der Waals surface area contributed by atoms with Crippen LogP contribution >= 0.6 is 12.2 Å². The monoisotopic (exact) mass is 296 g/mol. The molecule has 2 aliphatic rings. The molecule has 2 nitrogen and oxygen atoms in total. The Morgan fingerprint density at radius 2 is 1.65 bits per heavy atom. The Morgan fingerprint density at radius 3 is 2.10 bits per heavy atom. The molecular formula is C15H18F2N2S.